The minimum atomic E-state index is -0.662. The van der Waals surface area contributed by atoms with Gasteiger partial charge in [-0.3, -0.25) is 4.79 Å². The Balaban J connectivity index is 2.04. The first-order valence-corrected chi connectivity index (χ1v) is 8.77. The zero-order valence-corrected chi connectivity index (χ0v) is 15.3. The van der Waals surface area contributed by atoms with Gasteiger partial charge >= 0.3 is 6.03 Å². The Morgan fingerprint density at radius 3 is 2.67 bits per heavy atom. The van der Waals surface area contributed by atoms with E-state index in [1.165, 1.54) is 11.3 Å². The summed E-state index contributed by atoms with van der Waals surface area (Å²) in [7, 11) is 1.68. The molecule has 24 heavy (non-hydrogen) atoms. The molecule has 0 bridgehead atoms. The Labute approximate surface area is 154 Å². The number of rotatable bonds is 6. The number of carbonyl (C=O) groups is 2. The van der Waals surface area contributed by atoms with Crippen molar-refractivity contribution in [3.05, 3.63) is 56.2 Å². The zero-order valence-electron chi connectivity index (χ0n) is 13.0. The lowest BCUT2D eigenvalue weighted by Gasteiger charge is -2.22. The van der Waals surface area contributed by atoms with Crippen molar-refractivity contribution in [2.24, 2.45) is 5.73 Å². The molecule has 128 valence electrons. The minimum Gasteiger partial charge on any atom is -0.352 e. The quantitative estimate of drug-likeness (QED) is 0.792. The molecule has 1 heterocycles. The molecule has 1 aromatic heterocycles. The van der Waals surface area contributed by atoms with Crippen molar-refractivity contribution in [2.45, 2.75) is 19.0 Å². The first kappa shape index (κ1) is 18.6. The van der Waals surface area contributed by atoms with E-state index in [0.29, 0.717) is 16.6 Å². The van der Waals surface area contributed by atoms with Gasteiger partial charge in [-0.05, 0) is 29.1 Å². The molecule has 2 aromatic rings. The molecule has 3 N–H and O–H groups in total. The highest BCUT2D eigenvalue weighted by molar-refractivity contribution is 7.10. The molecule has 0 aliphatic rings. The summed E-state index contributed by atoms with van der Waals surface area (Å²) in [4.78, 5) is 26.1. The van der Waals surface area contributed by atoms with E-state index in [9.17, 15) is 9.59 Å². The maximum Gasteiger partial charge on any atom is 0.312 e. The number of urea groups is 1. The summed E-state index contributed by atoms with van der Waals surface area (Å²) in [6.07, 6.45) is 0.116. The van der Waals surface area contributed by atoms with Crippen LogP contribution in [0.3, 0.4) is 0 Å². The lowest BCUT2D eigenvalue weighted by Crippen LogP contribution is -2.36. The van der Waals surface area contributed by atoms with Crippen LogP contribution in [0, 0.1) is 0 Å². The van der Waals surface area contributed by atoms with Gasteiger partial charge in [0.25, 0.3) is 0 Å². The van der Waals surface area contributed by atoms with Crippen LogP contribution in [-0.2, 0) is 11.3 Å². The van der Waals surface area contributed by atoms with E-state index in [1.54, 1.807) is 30.1 Å². The summed E-state index contributed by atoms with van der Waals surface area (Å²) in [5.74, 6) is -0.131. The second kappa shape index (κ2) is 8.37. The summed E-state index contributed by atoms with van der Waals surface area (Å²) in [5.41, 5.74) is 6.01. The van der Waals surface area contributed by atoms with Crippen LogP contribution in [0.15, 0.2) is 35.7 Å². The van der Waals surface area contributed by atoms with E-state index >= 15 is 0 Å². The summed E-state index contributed by atoms with van der Waals surface area (Å²) in [5, 5.41) is 5.54. The normalized spacial score (nSPS) is 11.8. The molecule has 0 unspecified atom stereocenters. The first-order chi connectivity index (χ1) is 11.4. The largest absolute Gasteiger partial charge is 0.352 e. The third-order valence-electron chi connectivity index (χ3n) is 3.43. The Morgan fingerprint density at radius 1 is 1.33 bits per heavy atom. The molecule has 0 radical (unpaired) electrons. The summed E-state index contributed by atoms with van der Waals surface area (Å²) < 4.78 is 0. The molecule has 1 atom stereocenters. The van der Waals surface area contributed by atoms with Crippen LogP contribution in [-0.4, -0.2) is 23.9 Å². The highest BCUT2D eigenvalue weighted by atomic mass is 35.5. The number of primary amides is 1. The summed E-state index contributed by atoms with van der Waals surface area (Å²) >= 11 is 13.5. The SMILES string of the molecule is CN(Cc1ccc(Cl)cc1Cl)C(=O)C[C@@H](NC(N)=O)c1cccs1. The standard InChI is InChI=1S/C16H17Cl2N3O2S/c1-21(9-10-4-5-11(17)7-12(10)18)15(22)8-13(20-16(19)23)14-3-2-6-24-14/h2-7,13H,8-9H2,1H3,(H3,19,20,23)/t13-/m1/s1. The molecule has 8 heteroatoms. The second-order valence-electron chi connectivity index (χ2n) is 5.27. The number of nitrogens with two attached hydrogens (primary N) is 1. The van der Waals surface area contributed by atoms with Crippen LogP contribution in [0.5, 0.6) is 0 Å². The van der Waals surface area contributed by atoms with Gasteiger partial charge in [-0.15, -0.1) is 11.3 Å². The predicted octanol–water partition coefficient (Wildman–Crippen LogP) is 3.81. The van der Waals surface area contributed by atoms with Gasteiger partial charge in [0.15, 0.2) is 0 Å². The Kier molecular flexibility index (Phi) is 6.48. The molecule has 0 fully saturated rings. The molecule has 2 rings (SSSR count). The highest BCUT2D eigenvalue weighted by Gasteiger charge is 2.21. The number of benzene rings is 1. The van der Waals surface area contributed by atoms with E-state index in [2.05, 4.69) is 5.32 Å². The van der Waals surface area contributed by atoms with Crippen LogP contribution < -0.4 is 11.1 Å². The number of nitrogens with zero attached hydrogens (tertiary/aromatic N) is 1. The third-order valence-corrected chi connectivity index (χ3v) is 5.00. The Bertz CT molecular complexity index is 722. The maximum atomic E-state index is 12.5. The molecule has 1 aromatic carbocycles. The smallest absolute Gasteiger partial charge is 0.312 e. The lowest BCUT2D eigenvalue weighted by atomic mass is 10.1. The van der Waals surface area contributed by atoms with Crippen molar-refractivity contribution in [3.8, 4) is 0 Å². The van der Waals surface area contributed by atoms with Gasteiger partial charge in [-0.2, -0.15) is 0 Å². The van der Waals surface area contributed by atoms with E-state index in [-0.39, 0.29) is 12.3 Å². The number of amides is 3. The van der Waals surface area contributed by atoms with Crippen LogP contribution in [0.1, 0.15) is 22.9 Å². The van der Waals surface area contributed by atoms with Crippen LogP contribution >= 0.6 is 34.5 Å². The van der Waals surface area contributed by atoms with Crippen molar-refractivity contribution in [1.29, 1.82) is 0 Å². The molecule has 3 amide bonds. The zero-order chi connectivity index (χ0) is 17.7. The van der Waals surface area contributed by atoms with Crippen molar-refractivity contribution in [1.82, 2.24) is 10.2 Å². The maximum absolute atomic E-state index is 12.5. The number of carbonyl (C=O) groups excluding carboxylic acids is 2. The van der Waals surface area contributed by atoms with Crippen LogP contribution in [0.25, 0.3) is 0 Å². The van der Waals surface area contributed by atoms with Gasteiger partial charge in [0.1, 0.15) is 0 Å². The summed E-state index contributed by atoms with van der Waals surface area (Å²) in [6.45, 7) is 0.350. The van der Waals surface area contributed by atoms with E-state index in [4.69, 9.17) is 28.9 Å². The molecule has 0 saturated heterocycles. The second-order valence-corrected chi connectivity index (χ2v) is 7.09. The fourth-order valence-electron chi connectivity index (χ4n) is 2.21. The van der Waals surface area contributed by atoms with Crippen molar-refractivity contribution in [3.63, 3.8) is 0 Å². The Hall–Kier alpha value is -1.76. The van der Waals surface area contributed by atoms with E-state index < -0.39 is 12.1 Å². The van der Waals surface area contributed by atoms with Crippen molar-refractivity contribution >= 4 is 46.5 Å². The number of thiophene rings is 1. The van der Waals surface area contributed by atoms with Gasteiger partial charge in [0.2, 0.25) is 5.91 Å². The van der Waals surface area contributed by atoms with Gasteiger partial charge in [0, 0.05) is 28.5 Å². The topological polar surface area (TPSA) is 75.4 Å². The molecular weight excluding hydrogens is 369 g/mol. The summed E-state index contributed by atoms with van der Waals surface area (Å²) in [6, 6.07) is 7.76. The average molecular weight is 386 g/mol. The number of hydrogen-bond donors (Lipinski definition) is 2. The predicted molar refractivity (Wildman–Crippen MR) is 97.3 cm³/mol. The van der Waals surface area contributed by atoms with Gasteiger partial charge < -0.3 is 16.0 Å². The minimum absolute atomic E-state index is 0.116. The van der Waals surface area contributed by atoms with Gasteiger partial charge in [-0.25, -0.2) is 4.79 Å². The van der Waals surface area contributed by atoms with Crippen molar-refractivity contribution in [2.75, 3.05) is 7.05 Å². The highest BCUT2D eigenvalue weighted by Crippen LogP contribution is 2.25. The fraction of sp³-hybridized carbons (Fsp3) is 0.250. The molecule has 0 aliphatic heterocycles. The fourth-order valence-corrected chi connectivity index (χ4v) is 3.45. The van der Waals surface area contributed by atoms with E-state index in [1.807, 2.05) is 17.5 Å². The Morgan fingerprint density at radius 2 is 2.08 bits per heavy atom. The third kappa shape index (κ3) is 5.12. The monoisotopic (exact) mass is 385 g/mol. The average Bonchev–Trinajstić information content (AvgIpc) is 3.03. The number of nitrogens with one attached hydrogen (secondary N) is 1. The lowest BCUT2D eigenvalue weighted by molar-refractivity contribution is -0.130. The van der Waals surface area contributed by atoms with E-state index in [0.717, 1.165) is 10.4 Å². The molecule has 0 aliphatic carbocycles. The molecule has 0 saturated carbocycles. The van der Waals surface area contributed by atoms with Crippen molar-refractivity contribution < 1.29 is 9.59 Å². The van der Waals surface area contributed by atoms with Crippen LogP contribution in [0.4, 0.5) is 4.79 Å². The number of hydrogen-bond acceptors (Lipinski definition) is 3. The van der Waals surface area contributed by atoms with Gasteiger partial charge in [-0.1, -0.05) is 35.3 Å². The van der Waals surface area contributed by atoms with Gasteiger partial charge in [0.05, 0.1) is 12.5 Å². The molecule has 5 nitrogen and oxygen atoms in total. The molecular formula is C16H17Cl2N3O2S. The molecule has 0 spiro atoms. The first-order valence-electron chi connectivity index (χ1n) is 7.14. The van der Waals surface area contributed by atoms with Crippen LogP contribution in [0.2, 0.25) is 10.0 Å². The number of halogens is 2.